The zero-order chi connectivity index (χ0) is 13.9. The fraction of sp³-hybridized carbons (Fsp3) is 0.333. The summed E-state index contributed by atoms with van der Waals surface area (Å²) in [4.78, 5) is 10.9. The maximum absolute atomic E-state index is 5.88. The molecule has 0 fully saturated rings. The number of aryl methyl sites for hydroxylation is 1. The van der Waals surface area contributed by atoms with E-state index in [0.29, 0.717) is 18.2 Å². The van der Waals surface area contributed by atoms with Crippen molar-refractivity contribution in [1.82, 2.24) is 9.97 Å². The lowest BCUT2D eigenvalue weighted by molar-refractivity contribution is 0.178. The Morgan fingerprint density at radius 1 is 1.30 bits per heavy atom. The van der Waals surface area contributed by atoms with Gasteiger partial charge in [-0.05, 0) is 24.5 Å². The third-order valence-electron chi connectivity index (χ3n) is 3.44. The predicted molar refractivity (Wildman–Crippen MR) is 78.9 cm³/mol. The fourth-order valence-electron chi connectivity index (χ4n) is 2.61. The van der Waals surface area contributed by atoms with Crippen molar-refractivity contribution in [3.63, 3.8) is 0 Å². The van der Waals surface area contributed by atoms with E-state index in [1.807, 2.05) is 6.07 Å². The molecule has 5 nitrogen and oxygen atoms in total. The van der Waals surface area contributed by atoms with Crippen LogP contribution in [-0.2, 0) is 17.8 Å². The molecule has 3 rings (SSSR count). The van der Waals surface area contributed by atoms with Gasteiger partial charge >= 0.3 is 0 Å². The molecule has 2 aromatic rings. The van der Waals surface area contributed by atoms with Crippen molar-refractivity contribution in [2.45, 2.75) is 19.4 Å². The van der Waals surface area contributed by atoms with Gasteiger partial charge < -0.3 is 15.4 Å². The summed E-state index contributed by atoms with van der Waals surface area (Å²) < 4.78 is 5.10. The Hall–Kier alpha value is -2.14. The molecule has 0 amide bonds. The summed E-state index contributed by atoms with van der Waals surface area (Å²) in [6.45, 7) is 1.31. The largest absolute Gasteiger partial charge is 0.384 e. The number of methoxy groups -OCH3 is 1. The van der Waals surface area contributed by atoms with Crippen LogP contribution in [0.3, 0.4) is 0 Å². The monoisotopic (exact) mass is 270 g/mol. The van der Waals surface area contributed by atoms with Crippen molar-refractivity contribution < 1.29 is 4.74 Å². The Balaban J connectivity index is 2.01. The van der Waals surface area contributed by atoms with E-state index in [9.17, 15) is 0 Å². The minimum absolute atomic E-state index is 0.369. The topological polar surface area (TPSA) is 64.3 Å². The van der Waals surface area contributed by atoms with Crippen LogP contribution in [0.15, 0.2) is 30.3 Å². The van der Waals surface area contributed by atoms with Gasteiger partial charge in [-0.15, -0.1) is 0 Å². The van der Waals surface area contributed by atoms with Crippen LogP contribution in [0.4, 0.5) is 17.3 Å². The maximum atomic E-state index is 5.88. The fourth-order valence-corrected chi connectivity index (χ4v) is 2.61. The first-order chi connectivity index (χ1) is 9.78. The number of anilines is 3. The second-order valence-corrected chi connectivity index (χ2v) is 4.88. The highest BCUT2D eigenvalue weighted by Crippen LogP contribution is 2.32. The molecule has 1 aromatic carbocycles. The van der Waals surface area contributed by atoms with Crippen LogP contribution in [0, 0.1) is 0 Å². The summed E-state index contributed by atoms with van der Waals surface area (Å²) in [5, 5.41) is 0. The standard InChI is InChI=1S/C15H18N4O/c1-20-10-14-17-13(16)9-15(18-14)19-8-4-6-11-5-2-3-7-12(11)19/h2-3,5,7,9H,4,6,8,10H2,1H3,(H2,16,17,18). The van der Waals surface area contributed by atoms with Crippen LogP contribution in [0.2, 0.25) is 0 Å². The predicted octanol–water partition coefficient (Wildman–Crippen LogP) is 2.29. The average Bonchev–Trinajstić information content (AvgIpc) is 2.46. The zero-order valence-electron chi connectivity index (χ0n) is 11.5. The van der Waals surface area contributed by atoms with Gasteiger partial charge in [-0.1, -0.05) is 18.2 Å². The summed E-state index contributed by atoms with van der Waals surface area (Å²) in [6, 6.07) is 10.2. The molecule has 0 spiro atoms. The van der Waals surface area contributed by atoms with Crippen molar-refractivity contribution >= 4 is 17.3 Å². The van der Waals surface area contributed by atoms with Gasteiger partial charge in [0, 0.05) is 25.4 Å². The first-order valence-corrected chi connectivity index (χ1v) is 6.76. The molecule has 0 bridgehead atoms. The maximum Gasteiger partial charge on any atom is 0.158 e. The second-order valence-electron chi connectivity index (χ2n) is 4.88. The van der Waals surface area contributed by atoms with E-state index >= 15 is 0 Å². The van der Waals surface area contributed by atoms with E-state index in [-0.39, 0.29) is 0 Å². The van der Waals surface area contributed by atoms with Gasteiger partial charge in [-0.25, -0.2) is 9.97 Å². The highest BCUT2D eigenvalue weighted by atomic mass is 16.5. The zero-order valence-corrected chi connectivity index (χ0v) is 11.5. The van der Waals surface area contributed by atoms with Crippen LogP contribution >= 0.6 is 0 Å². The van der Waals surface area contributed by atoms with Crippen molar-refractivity contribution in [3.8, 4) is 0 Å². The summed E-state index contributed by atoms with van der Waals surface area (Å²) in [5.74, 6) is 1.94. The van der Waals surface area contributed by atoms with E-state index < -0.39 is 0 Å². The number of fused-ring (bicyclic) bond motifs is 1. The molecule has 0 unspecified atom stereocenters. The second kappa shape index (κ2) is 5.46. The summed E-state index contributed by atoms with van der Waals surface area (Å²) in [7, 11) is 1.63. The Morgan fingerprint density at radius 3 is 3.00 bits per heavy atom. The first-order valence-electron chi connectivity index (χ1n) is 6.76. The molecule has 0 saturated carbocycles. The molecule has 0 saturated heterocycles. The SMILES string of the molecule is COCc1nc(N)cc(N2CCCc3ccccc32)n1. The van der Waals surface area contributed by atoms with E-state index in [2.05, 4.69) is 39.1 Å². The van der Waals surface area contributed by atoms with Crippen LogP contribution in [0.25, 0.3) is 0 Å². The Labute approximate surface area is 118 Å². The van der Waals surface area contributed by atoms with Gasteiger partial charge in [0.05, 0.1) is 0 Å². The lowest BCUT2D eigenvalue weighted by atomic mass is 10.0. The normalized spacial score (nSPS) is 14.2. The van der Waals surface area contributed by atoms with Crippen LogP contribution in [0.5, 0.6) is 0 Å². The van der Waals surface area contributed by atoms with Crippen molar-refractivity contribution in [2.24, 2.45) is 0 Å². The molecule has 1 aromatic heterocycles. The number of hydrogen-bond acceptors (Lipinski definition) is 5. The third kappa shape index (κ3) is 2.44. The molecule has 1 aliphatic heterocycles. The van der Waals surface area contributed by atoms with Gasteiger partial charge in [-0.3, -0.25) is 0 Å². The number of nitrogens with two attached hydrogens (primary N) is 1. The van der Waals surface area contributed by atoms with Gasteiger partial charge in [-0.2, -0.15) is 0 Å². The number of ether oxygens (including phenoxy) is 1. The average molecular weight is 270 g/mol. The number of benzene rings is 1. The smallest absolute Gasteiger partial charge is 0.158 e. The van der Waals surface area contributed by atoms with Gasteiger partial charge in [0.1, 0.15) is 18.2 Å². The van der Waals surface area contributed by atoms with E-state index in [1.54, 1.807) is 7.11 Å². The number of nitrogens with zero attached hydrogens (tertiary/aromatic N) is 3. The minimum atomic E-state index is 0.369. The summed E-state index contributed by atoms with van der Waals surface area (Å²) in [6.07, 6.45) is 2.22. The molecule has 2 N–H and O–H groups in total. The Morgan fingerprint density at radius 2 is 2.15 bits per heavy atom. The molecule has 2 heterocycles. The molecule has 20 heavy (non-hydrogen) atoms. The highest BCUT2D eigenvalue weighted by Gasteiger charge is 2.19. The molecule has 0 atom stereocenters. The lowest BCUT2D eigenvalue weighted by Gasteiger charge is -2.30. The van der Waals surface area contributed by atoms with Gasteiger partial charge in [0.15, 0.2) is 5.82 Å². The van der Waals surface area contributed by atoms with Crippen LogP contribution in [0.1, 0.15) is 17.8 Å². The molecular formula is C15H18N4O. The molecule has 104 valence electrons. The lowest BCUT2D eigenvalue weighted by Crippen LogP contribution is -2.26. The summed E-state index contributed by atoms with van der Waals surface area (Å²) in [5.41, 5.74) is 8.44. The van der Waals surface area contributed by atoms with Gasteiger partial charge in [0.25, 0.3) is 0 Å². The number of aromatic nitrogens is 2. The van der Waals surface area contributed by atoms with E-state index in [4.69, 9.17) is 10.5 Å². The minimum Gasteiger partial charge on any atom is -0.384 e. The van der Waals surface area contributed by atoms with E-state index in [0.717, 1.165) is 25.2 Å². The van der Waals surface area contributed by atoms with Crippen molar-refractivity contribution in [2.75, 3.05) is 24.3 Å². The number of para-hydroxylation sites is 1. The van der Waals surface area contributed by atoms with Crippen LogP contribution < -0.4 is 10.6 Å². The van der Waals surface area contributed by atoms with Crippen molar-refractivity contribution in [1.29, 1.82) is 0 Å². The van der Waals surface area contributed by atoms with Crippen molar-refractivity contribution in [3.05, 3.63) is 41.7 Å². The molecular weight excluding hydrogens is 252 g/mol. The van der Waals surface area contributed by atoms with Crippen LogP contribution in [-0.4, -0.2) is 23.6 Å². The molecule has 1 aliphatic rings. The van der Waals surface area contributed by atoms with E-state index in [1.165, 1.54) is 11.3 Å². The molecule has 0 aliphatic carbocycles. The Kier molecular flexibility index (Phi) is 3.52. The first kappa shape index (κ1) is 12.9. The third-order valence-corrected chi connectivity index (χ3v) is 3.44. The van der Waals surface area contributed by atoms with Gasteiger partial charge in [0.2, 0.25) is 0 Å². The number of rotatable bonds is 3. The summed E-state index contributed by atoms with van der Waals surface area (Å²) >= 11 is 0. The molecule has 0 radical (unpaired) electrons. The highest BCUT2D eigenvalue weighted by molar-refractivity contribution is 5.66. The number of nitrogen functional groups attached to an aromatic ring is 1. The Bertz CT molecular complexity index is 615. The number of hydrogen-bond donors (Lipinski definition) is 1. The molecule has 5 heteroatoms. The quantitative estimate of drug-likeness (QED) is 0.927.